The van der Waals surface area contributed by atoms with Crippen LogP contribution in [0.3, 0.4) is 0 Å². The van der Waals surface area contributed by atoms with Gasteiger partial charge >= 0.3 is 0 Å². The van der Waals surface area contributed by atoms with Crippen LogP contribution in [0.5, 0.6) is 0 Å². The van der Waals surface area contributed by atoms with Gasteiger partial charge in [-0.1, -0.05) is 119 Å². The second-order valence-corrected chi connectivity index (χ2v) is 15.8. The average Bonchev–Trinajstić information content (AvgIpc) is 3.11. The van der Waals surface area contributed by atoms with E-state index in [1.807, 2.05) is 0 Å². The van der Waals surface area contributed by atoms with E-state index < -0.39 is 0 Å². The van der Waals surface area contributed by atoms with E-state index >= 15 is 0 Å². The Morgan fingerprint density at radius 2 is 1.26 bits per heavy atom. The van der Waals surface area contributed by atoms with Crippen molar-refractivity contribution >= 4 is 28.8 Å². The van der Waals surface area contributed by atoms with E-state index in [-0.39, 0.29) is 16.8 Å². The molecule has 0 aromatic heterocycles. The number of hydrogen-bond acceptors (Lipinski definition) is 3. The minimum Gasteiger partial charge on any atom is -0.305 e. The molecule has 3 nitrogen and oxygen atoms in total. The lowest BCUT2D eigenvalue weighted by atomic mass is 9.84. The molecule has 0 bridgehead atoms. The second kappa shape index (κ2) is 21.1. The lowest BCUT2D eigenvalue weighted by Crippen LogP contribution is -2.15. The van der Waals surface area contributed by atoms with Gasteiger partial charge in [0.15, 0.2) is 14.7 Å². The first-order valence-corrected chi connectivity index (χ1v) is 19.7. The van der Waals surface area contributed by atoms with E-state index in [2.05, 4.69) is 140 Å². The Kier molecular flexibility index (Phi) is 16.5. The van der Waals surface area contributed by atoms with Crippen molar-refractivity contribution in [2.45, 2.75) is 116 Å². The number of nitrogens with zero attached hydrogens (tertiary/aromatic N) is 1. The molecule has 1 saturated carbocycles. The molecule has 0 unspecified atom stereocenters. The molecule has 4 aromatic carbocycles. The summed E-state index contributed by atoms with van der Waals surface area (Å²) in [4.78, 5) is 19.2. The van der Waals surface area contributed by atoms with Crippen LogP contribution in [0.2, 0.25) is 0 Å². The van der Waals surface area contributed by atoms with E-state index in [0.717, 1.165) is 30.2 Å². The molecule has 1 N–H and O–H groups in total. The molecule has 1 fully saturated rings. The van der Waals surface area contributed by atoms with Crippen molar-refractivity contribution in [3.8, 4) is 0 Å². The van der Waals surface area contributed by atoms with Gasteiger partial charge < -0.3 is 4.90 Å². The monoisotopic (exact) mass is 667 g/mol. The van der Waals surface area contributed by atoms with Gasteiger partial charge in [-0.3, -0.25) is 9.52 Å². The predicted molar refractivity (Wildman–Crippen MR) is 203 cm³/mol. The lowest BCUT2D eigenvalue weighted by Gasteiger charge is -2.22. The molecule has 0 aliphatic heterocycles. The normalized spacial score (nSPS) is 13.3. The van der Waals surface area contributed by atoms with E-state index in [1.165, 1.54) is 95.5 Å². The summed E-state index contributed by atoms with van der Waals surface area (Å²) in [5, 5.41) is 0. The van der Waals surface area contributed by atoms with Gasteiger partial charge in [0.1, 0.15) is 0 Å². The number of carbonyl (C=O) groups excluding carboxylic acids is 1. The van der Waals surface area contributed by atoms with Crippen LogP contribution in [0.1, 0.15) is 101 Å². The third-order valence-electron chi connectivity index (χ3n) is 8.61. The van der Waals surface area contributed by atoms with Crippen LogP contribution in [-0.4, -0.2) is 24.9 Å². The fourth-order valence-corrected chi connectivity index (χ4v) is 8.78. The number of benzene rings is 4. The highest BCUT2D eigenvalue weighted by Gasteiger charge is 2.28. The summed E-state index contributed by atoms with van der Waals surface area (Å²) in [6.07, 6.45) is 14.9. The van der Waals surface area contributed by atoms with Crippen molar-refractivity contribution in [1.29, 1.82) is 0 Å². The van der Waals surface area contributed by atoms with Gasteiger partial charge in [0, 0.05) is 17.9 Å². The first-order valence-electron chi connectivity index (χ1n) is 17.7. The van der Waals surface area contributed by atoms with Gasteiger partial charge in [-0.15, -0.1) is 0 Å². The Morgan fingerprint density at radius 3 is 1.83 bits per heavy atom. The summed E-state index contributed by atoms with van der Waals surface area (Å²) in [6.45, 7) is 3.16. The first kappa shape index (κ1) is 36.8. The molecule has 5 rings (SSSR count). The van der Waals surface area contributed by atoms with Crippen LogP contribution in [-0.2, 0) is 22.2 Å². The molecule has 1 aliphatic carbocycles. The van der Waals surface area contributed by atoms with Crippen LogP contribution >= 0.6 is 11.9 Å². The Labute approximate surface area is 292 Å². The van der Waals surface area contributed by atoms with Gasteiger partial charge in [0.2, 0.25) is 5.91 Å². The smallest absolute Gasteiger partial charge is 0.230 e. The number of carbonyl (C=O) groups is 1. The van der Waals surface area contributed by atoms with E-state index in [1.54, 1.807) is 0 Å². The predicted octanol–water partition coefficient (Wildman–Crippen LogP) is 11.5. The third kappa shape index (κ3) is 13.2. The van der Waals surface area contributed by atoms with Crippen LogP contribution in [0.15, 0.2) is 129 Å². The van der Waals surface area contributed by atoms with Crippen LogP contribution in [0.25, 0.3) is 0 Å². The molecule has 1 amide bonds. The first-order chi connectivity index (χ1) is 23.0. The standard InChI is InChI=1S/C24H25S.C18H30N2OS/c1-4-10-20(11-5-1)21-16-18-24(19-17-21)25(22-12-6-2-7-13-22)23-14-8-3-9-15-23;1-4-5-6-7-8-9-10-18(21)19-22-17-13-11-16(12-14-17)15-20(2)3/h2-3,6-9,12-20H,1,4-5,10-11H2;11-14H,4-10,15H2,1-3H3,(H,19,21)/q+1;. The fourth-order valence-electron chi connectivity index (χ4n) is 6.09. The molecular weight excluding hydrogens is 613 g/mol. The maximum atomic E-state index is 11.8. The van der Waals surface area contributed by atoms with Crippen LogP contribution in [0, 0.1) is 0 Å². The fraction of sp³-hybridized carbons (Fsp3) is 0.405. The molecule has 0 saturated heterocycles. The molecule has 0 spiro atoms. The van der Waals surface area contributed by atoms with Gasteiger partial charge in [-0.2, -0.15) is 0 Å². The minimum absolute atomic E-state index is 0.0278. The molecule has 47 heavy (non-hydrogen) atoms. The number of amides is 1. The number of rotatable bonds is 15. The molecule has 250 valence electrons. The lowest BCUT2D eigenvalue weighted by molar-refractivity contribution is -0.119. The Balaban J connectivity index is 0.000000215. The zero-order valence-corrected chi connectivity index (χ0v) is 30.5. The van der Waals surface area contributed by atoms with Crippen LogP contribution in [0.4, 0.5) is 0 Å². The van der Waals surface area contributed by atoms with Gasteiger partial charge in [-0.05, 0) is 111 Å². The summed E-state index contributed by atoms with van der Waals surface area (Å²) in [6, 6.07) is 39.7. The van der Waals surface area contributed by atoms with Crippen molar-refractivity contribution in [2.24, 2.45) is 0 Å². The molecule has 0 heterocycles. The number of unbranched alkanes of at least 4 members (excludes halogenated alkanes) is 5. The summed E-state index contributed by atoms with van der Waals surface area (Å²) < 4.78 is 2.93. The highest BCUT2D eigenvalue weighted by atomic mass is 32.2. The van der Waals surface area contributed by atoms with Gasteiger partial charge in [-0.25, -0.2) is 0 Å². The molecule has 0 radical (unpaired) electrons. The molecule has 5 heteroatoms. The summed E-state index contributed by atoms with van der Waals surface area (Å²) in [7, 11) is 4.09. The van der Waals surface area contributed by atoms with Crippen LogP contribution < -0.4 is 4.72 Å². The van der Waals surface area contributed by atoms with E-state index in [0.29, 0.717) is 6.42 Å². The van der Waals surface area contributed by atoms with Gasteiger partial charge in [0.05, 0.1) is 10.9 Å². The summed E-state index contributed by atoms with van der Waals surface area (Å²) in [5.41, 5.74) is 2.82. The zero-order chi connectivity index (χ0) is 33.1. The van der Waals surface area contributed by atoms with Crippen molar-refractivity contribution in [3.63, 3.8) is 0 Å². The average molecular weight is 668 g/mol. The van der Waals surface area contributed by atoms with Gasteiger partial charge in [0.25, 0.3) is 0 Å². The molecule has 1 aliphatic rings. The van der Waals surface area contributed by atoms with E-state index in [4.69, 9.17) is 0 Å². The Morgan fingerprint density at radius 1 is 0.702 bits per heavy atom. The minimum atomic E-state index is -0.0278. The van der Waals surface area contributed by atoms with Crippen molar-refractivity contribution in [1.82, 2.24) is 9.62 Å². The highest BCUT2D eigenvalue weighted by Crippen LogP contribution is 2.35. The molecule has 0 atom stereocenters. The third-order valence-corrected chi connectivity index (χ3v) is 11.7. The second-order valence-electron chi connectivity index (χ2n) is 12.9. The maximum absolute atomic E-state index is 11.8. The Hall–Kier alpha value is -2.99. The van der Waals surface area contributed by atoms with E-state index in [9.17, 15) is 4.79 Å². The zero-order valence-electron chi connectivity index (χ0n) is 28.8. The molecular formula is C42H55N2OS2+. The SMILES string of the molecule is CCCCCCCCC(=O)NSc1ccc(CN(C)C)cc1.c1ccc([S+](c2ccccc2)c2ccc(C3CCCCC3)cc2)cc1. The topological polar surface area (TPSA) is 32.3 Å². The quantitative estimate of drug-likeness (QED) is 0.0778. The maximum Gasteiger partial charge on any atom is 0.230 e. The summed E-state index contributed by atoms with van der Waals surface area (Å²) in [5.74, 6) is 0.913. The van der Waals surface area contributed by atoms with Crippen molar-refractivity contribution < 1.29 is 4.79 Å². The Bertz CT molecular complexity index is 1360. The molecule has 4 aromatic rings. The highest BCUT2D eigenvalue weighted by molar-refractivity contribution is 7.98. The van der Waals surface area contributed by atoms with Crippen molar-refractivity contribution in [2.75, 3.05) is 14.1 Å². The largest absolute Gasteiger partial charge is 0.305 e. The number of nitrogens with one attached hydrogen (secondary N) is 1. The van der Waals surface area contributed by atoms with Crippen molar-refractivity contribution in [3.05, 3.63) is 120 Å². The number of hydrogen-bond donors (Lipinski definition) is 1. The summed E-state index contributed by atoms with van der Waals surface area (Å²) >= 11 is 1.41.